The lowest BCUT2D eigenvalue weighted by Gasteiger charge is -2.21. The average molecular weight is 360 g/mol. The van der Waals surface area contributed by atoms with Crippen molar-refractivity contribution in [2.75, 3.05) is 32.2 Å². The van der Waals surface area contributed by atoms with Crippen LogP contribution in [-0.4, -0.2) is 39.1 Å². The molecule has 7 heteroatoms. The van der Waals surface area contributed by atoms with Gasteiger partial charge in [-0.1, -0.05) is 0 Å². The van der Waals surface area contributed by atoms with Crippen LogP contribution in [0.5, 0.6) is 11.5 Å². The summed E-state index contributed by atoms with van der Waals surface area (Å²) in [7, 11) is 3.01. The fourth-order valence-corrected chi connectivity index (χ4v) is 2.41. The van der Waals surface area contributed by atoms with Crippen LogP contribution in [0.2, 0.25) is 0 Å². The van der Waals surface area contributed by atoms with Gasteiger partial charge < -0.3 is 19.7 Å². The van der Waals surface area contributed by atoms with Gasteiger partial charge in [0.05, 0.1) is 14.2 Å². The van der Waals surface area contributed by atoms with E-state index in [9.17, 15) is 14.0 Å². The summed E-state index contributed by atoms with van der Waals surface area (Å²) in [5.41, 5.74) is 0.952. The van der Waals surface area contributed by atoms with Gasteiger partial charge in [0.15, 0.2) is 0 Å². The predicted octanol–water partition coefficient (Wildman–Crippen LogP) is 2.63. The van der Waals surface area contributed by atoms with Crippen molar-refractivity contribution >= 4 is 17.5 Å². The summed E-state index contributed by atoms with van der Waals surface area (Å²) in [6.45, 7) is 1.90. The highest BCUT2D eigenvalue weighted by Gasteiger charge is 2.13. The number of hydrogen-bond acceptors (Lipinski definition) is 4. The predicted molar refractivity (Wildman–Crippen MR) is 96.3 cm³/mol. The Bertz CT molecular complexity index is 755. The van der Waals surface area contributed by atoms with Crippen LogP contribution in [0.1, 0.15) is 17.3 Å². The molecule has 0 radical (unpaired) electrons. The normalized spacial score (nSPS) is 10.2. The van der Waals surface area contributed by atoms with E-state index in [4.69, 9.17) is 9.47 Å². The van der Waals surface area contributed by atoms with Crippen molar-refractivity contribution < 1.29 is 23.5 Å². The van der Waals surface area contributed by atoms with Crippen molar-refractivity contribution in [2.24, 2.45) is 0 Å². The largest absolute Gasteiger partial charge is 0.497 e. The van der Waals surface area contributed by atoms with Gasteiger partial charge >= 0.3 is 0 Å². The fraction of sp³-hybridized carbons (Fsp3) is 0.263. The van der Waals surface area contributed by atoms with E-state index >= 15 is 0 Å². The van der Waals surface area contributed by atoms with Crippen molar-refractivity contribution in [2.45, 2.75) is 6.92 Å². The highest BCUT2D eigenvalue weighted by molar-refractivity contribution is 5.95. The van der Waals surface area contributed by atoms with E-state index in [2.05, 4.69) is 5.32 Å². The summed E-state index contributed by atoms with van der Waals surface area (Å²) >= 11 is 0. The Morgan fingerprint density at radius 1 is 1.04 bits per heavy atom. The van der Waals surface area contributed by atoms with Crippen LogP contribution < -0.4 is 19.7 Å². The molecule has 1 N–H and O–H groups in total. The average Bonchev–Trinajstić information content (AvgIpc) is 2.65. The van der Waals surface area contributed by atoms with E-state index < -0.39 is 0 Å². The summed E-state index contributed by atoms with van der Waals surface area (Å²) in [5, 5.41) is 2.75. The number of benzene rings is 2. The summed E-state index contributed by atoms with van der Waals surface area (Å²) in [6, 6.07) is 10.5. The summed E-state index contributed by atoms with van der Waals surface area (Å²) < 4.78 is 23.3. The molecule has 0 aliphatic carbocycles. The number of hydrogen-bond donors (Lipinski definition) is 1. The minimum Gasteiger partial charge on any atom is -0.497 e. The molecule has 6 nitrogen and oxygen atoms in total. The van der Waals surface area contributed by atoms with Gasteiger partial charge in [-0.25, -0.2) is 4.39 Å². The first-order valence-electron chi connectivity index (χ1n) is 7.99. The van der Waals surface area contributed by atoms with Crippen LogP contribution in [0.15, 0.2) is 42.5 Å². The second-order valence-corrected chi connectivity index (χ2v) is 5.50. The minimum absolute atomic E-state index is 0.200. The standard InChI is InChI=1S/C19H21FN2O4/c1-13(23)22(16-6-4-15(20)5-7-16)9-8-21-19(24)14-10-17(25-2)12-18(11-14)26-3/h4-7,10-12H,8-9H2,1-3H3,(H,21,24). The third kappa shape index (κ3) is 4.95. The highest BCUT2D eigenvalue weighted by Crippen LogP contribution is 2.22. The third-order valence-corrected chi connectivity index (χ3v) is 3.75. The number of nitrogens with zero attached hydrogens (tertiary/aromatic N) is 1. The first kappa shape index (κ1) is 19.2. The number of ether oxygens (including phenoxy) is 2. The van der Waals surface area contributed by atoms with Gasteiger partial charge in [-0.05, 0) is 36.4 Å². The molecule has 0 heterocycles. The summed E-state index contributed by atoms with van der Waals surface area (Å²) in [6.07, 6.45) is 0. The summed E-state index contributed by atoms with van der Waals surface area (Å²) in [5.74, 6) is 0.119. The molecule has 0 aromatic heterocycles. The van der Waals surface area contributed by atoms with Crippen molar-refractivity contribution in [3.05, 3.63) is 53.8 Å². The molecule has 0 spiro atoms. The van der Waals surface area contributed by atoms with E-state index in [1.807, 2.05) is 0 Å². The zero-order valence-corrected chi connectivity index (χ0v) is 14.9. The van der Waals surface area contributed by atoms with Gasteiger partial charge in [-0.3, -0.25) is 9.59 Å². The third-order valence-electron chi connectivity index (χ3n) is 3.75. The molecule has 0 aliphatic rings. The van der Waals surface area contributed by atoms with Crippen molar-refractivity contribution in [3.63, 3.8) is 0 Å². The lowest BCUT2D eigenvalue weighted by atomic mass is 10.2. The Hall–Kier alpha value is -3.09. The van der Waals surface area contributed by atoms with Crippen LogP contribution in [0.4, 0.5) is 10.1 Å². The number of amides is 2. The fourth-order valence-electron chi connectivity index (χ4n) is 2.41. The summed E-state index contributed by atoms with van der Waals surface area (Å²) in [4.78, 5) is 25.6. The van der Waals surface area contributed by atoms with Crippen molar-refractivity contribution in [1.82, 2.24) is 5.32 Å². The Kier molecular flexibility index (Phi) is 6.54. The van der Waals surface area contributed by atoms with Gasteiger partial charge in [0, 0.05) is 37.3 Å². The van der Waals surface area contributed by atoms with E-state index in [-0.39, 0.29) is 30.7 Å². The van der Waals surface area contributed by atoms with E-state index in [0.717, 1.165) is 0 Å². The Morgan fingerprint density at radius 3 is 2.12 bits per heavy atom. The van der Waals surface area contributed by atoms with Gasteiger partial charge in [0.1, 0.15) is 17.3 Å². The molecule has 0 saturated carbocycles. The Balaban J connectivity index is 2.02. The first-order chi connectivity index (χ1) is 12.4. The maximum absolute atomic E-state index is 13.0. The van der Waals surface area contributed by atoms with Gasteiger partial charge in [-0.15, -0.1) is 0 Å². The van der Waals surface area contributed by atoms with Crippen molar-refractivity contribution in [3.8, 4) is 11.5 Å². The van der Waals surface area contributed by atoms with E-state index in [0.29, 0.717) is 22.7 Å². The lowest BCUT2D eigenvalue weighted by molar-refractivity contribution is -0.116. The number of rotatable bonds is 7. The molecule has 2 amide bonds. The quantitative estimate of drug-likeness (QED) is 0.824. The Morgan fingerprint density at radius 2 is 1.62 bits per heavy atom. The topological polar surface area (TPSA) is 67.9 Å². The molecular weight excluding hydrogens is 339 g/mol. The van der Waals surface area contributed by atoms with E-state index in [1.165, 1.54) is 50.3 Å². The molecule has 138 valence electrons. The molecule has 0 bridgehead atoms. The van der Waals surface area contributed by atoms with Gasteiger partial charge in [0.2, 0.25) is 5.91 Å². The molecule has 0 fully saturated rings. The van der Waals surface area contributed by atoms with Gasteiger partial charge in [-0.2, -0.15) is 0 Å². The first-order valence-corrected chi connectivity index (χ1v) is 7.99. The number of methoxy groups -OCH3 is 2. The lowest BCUT2D eigenvalue weighted by Crippen LogP contribution is -2.37. The molecular formula is C19H21FN2O4. The van der Waals surface area contributed by atoms with Gasteiger partial charge in [0.25, 0.3) is 5.91 Å². The molecule has 2 aromatic carbocycles. The smallest absolute Gasteiger partial charge is 0.251 e. The maximum Gasteiger partial charge on any atom is 0.251 e. The van der Waals surface area contributed by atoms with Crippen LogP contribution >= 0.6 is 0 Å². The number of carbonyl (C=O) groups excluding carboxylic acids is 2. The monoisotopic (exact) mass is 360 g/mol. The van der Waals surface area contributed by atoms with Crippen LogP contribution in [-0.2, 0) is 4.79 Å². The number of nitrogens with one attached hydrogen (secondary N) is 1. The number of halogens is 1. The zero-order chi connectivity index (χ0) is 19.1. The van der Waals surface area contributed by atoms with Crippen LogP contribution in [0.3, 0.4) is 0 Å². The molecule has 2 rings (SSSR count). The molecule has 26 heavy (non-hydrogen) atoms. The number of carbonyl (C=O) groups is 2. The maximum atomic E-state index is 13.0. The van der Waals surface area contributed by atoms with Crippen LogP contribution in [0, 0.1) is 5.82 Å². The minimum atomic E-state index is -0.377. The second kappa shape index (κ2) is 8.84. The Labute approximate surface area is 151 Å². The molecule has 0 aliphatic heterocycles. The molecule has 0 atom stereocenters. The molecule has 0 saturated heterocycles. The molecule has 0 unspecified atom stereocenters. The second-order valence-electron chi connectivity index (χ2n) is 5.50. The number of anilines is 1. The van der Waals surface area contributed by atoms with Crippen LogP contribution in [0.25, 0.3) is 0 Å². The SMILES string of the molecule is COc1cc(OC)cc(C(=O)NCCN(C(C)=O)c2ccc(F)cc2)c1. The molecule has 2 aromatic rings. The highest BCUT2D eigenvalue weighted by atomic mass is 19.1. The van der Waals surface area contributed by atoms with E-state index in [1.54, 1.807) is 18.2 Å². The zero-order valence-electron chi connectivity index (χ0n) is 14.9. The van der Waals surface area contributed by atoms with Crippen molar-refractivity contribution in [1.29, 1.82) is 0 Å².